The number of aromatic nitrogens is 1. The van der Waals surface area contributed by atoms with E-state index in [-0.39, 0.29) is 5.91 Å². The maximum atomic E-state index is 12.2. The zero-order valence-electron chi connectivity index (χ0n) is 13.4. The van der Waals surface area contributed by atoms with E-state index in [2.05, 4.69) is 30.2 Å². The number of urea groups is 1. The third-order valence-electron chi connectivity index (χ3n) is 3.57. The van der Waals surface area contributed by atoms with Crippen molar-refractivity contribution in [1.82, 2.24) is 10.3 Å². The Balaban J connectivity index is 2.57. The normalized spacial score (nSPS) is 10.8. The zero-order chi connectivity index (χ0) is 16.3. The second-order valence-corrected chi connectivity index (χ2v) is 5.49. The number of nitrogens with zero attached hydrogens (tertiary/aromatic N) is 2. The molecule has 0 unspecified atom stereocenters. The van der Waals surface area contributed by atoms with E-state index in [1.165, 1.54) is 17.4 Å². The predicted molar refractivity (Wildman–Crippen MR) is 88.1 cm³/mol. The van der Waals surface area contributed by atoms with E-state index in [0.29, 0.717) is 18.2 Å². The Bertz CT molecular complexity index is 710. The molecule has 0 aliphatic carbocycles. The lowest BCUT2D eigenvalue weighted by Crippen LogP contribution is -2.42. The first kappa shape index (κ1) is 15.9. The molecule has 0 saturated carbocycles. The van der Waals surface area contributed by atoms with E-state index in [1.807, 2.05) is 25.3 Å². The number of pyridine rings is 1. The van der Waals surface area contributed by atoms with Crippen molar-refractivity contribution >= 4 is 28.4 Å². The number of carbonyl (C=O) groups excluding carboxylic acids is 2. The van der Waals surface area contributed by atoms with Crippen molar-refractivity contribution in [2.45, 2.75) is 33.6 Å². The smallest absolute Gasteiger partial charge is 0.292 e. The summed E-state index contributed by atoms with van der Waals surface area (Å²) in [5.74, 6) is -0.0126. The lowest BCUT2D eigenvalue weighted by Gasteiger charge is -2.22. The van der Waals surface area contributed by atoms with Crippen LogP contribution in [0.5, 0.6) is 0 Å². The number of carbonyl (C=O) groups is 2. The molecule has 1 N–H and O–H groups in total. The molecule has 22 heavy (non-hydrogen) atoms. The van der Waals surface area contributed by atoms with E-state index >= 15 is 0 Å². The molecule has 5 nitrogen and oxygen atoms in total. The van der Waals surface area contributed by atoms with Gasteiger partial charge in [-0.3, -0.25) is 20.0 Å². The van der Waals surface area contributed by atoms with Gasteiger partial charge in [-0.25, -0.2) is 4.79 Å². The quantitative estimate of drug-likeness (QED) is 0.944. The molecule has 0 aliphatic heterocycles. The highest BCUT2D eigenvalue weighted by Crippen LogP contribution is 2.31. The monoisotopic (exact) mass is 299 g/mol. The lowest BCUT2D eigenvalue weighted by molar-refractivity contribution is -0.117. The molecule has 116 valence electrons. The van der Waals surface area contributed by atoms with E-state index in [1.54, 1.807) is 6.20 Å². The Morgan fingerprint density at radius 2 is 1.95 bits per heavy atom. The number of hydrogen-bond donors (Lipinski definition) is 1. The van der Waals surface area contributed by atoms with Crippen molar-refractivity contribution in [3.05, 3.63) is 36.2 Å². The molecule has 0 fully saturated rings. The molecule has 0 aliphatic rings. The molecule has 1 aromatic carbocycles. The first-order valence-corrected chi connectivity index (χ1v) is 7.41. The van der Waals surface area contributed by atoms with Crippen LogP contribution in [0.2, 0.25) is 0 Å². The van der Waals surface area contributed by atoms with Crippen LogP contribution in [-0.4, -0.2) is 23.5 Å². The van der Waals surface area contributed by atoms with Crippen molar-refractivity contribution in [1.29, 1.82) is 0 Å². The summed E-state index contributed by atoms with van der Waals surface area (Å²) in [6.07, 6.45) is 3.49. The maximum Gasteiger partial charge on any atom is 0.328 e. The van der Waals surface area contributed by atoms with E-state index in [4.69, 9.17) is 0 Å². The molecule has 2 rings (SSSR count). The van der Waals surface area contributed by atoms with Crippen LogP contribution in [0.4, 0.5) is 10.5 Å². The third-order valence-corrected chi connectivity index (χ3v) is 3.57. The predicted octanol–water partition coefficient (Wildman–Crippen LogP) is 3.44. The maximum absolute atomic E-state index is 12.2. The highest BCUT2D eigenvalue weighted by Gasteiger charge is 2.18. The van der Waals surface area contributed by atoms with Crippen LogP contribution in [0, 0.1) is 0 Å². The fourth-order valence-corrected chi connectivity index (χ4v) is 2.56. The van der Waals surface area contributed by atoms with Crippen LogP contribution in [0.1, 0.15) is 39.2 Å². The summed E-state index contributed by atoms with van der Waals surface area (Å²) in [7, 11) is 0. The lowest BCUT2D eigenvalue weighted by atomic mass is 9.97. The molecule has 1 heterocycles. The van der Waals surface area contributed by atoms with Gasteiger partial charge < -0.3 is 0 Å². The van der Waals surface area contributed by atoms with Crippen molar-refractivity contribution in [3.8, 4) is 0 Å². The molecular weight excluding hydrogens is 278 g/mol. The van der Waals surface area contributed by atoms with Crippen LogP contribution < -0.4 is 10.2 Å². The van der Waals surface area contributed by atoms with Gasteiger partial charge in [-0.2, -0.15) is 0 Å². The number of imide groups is 1. The Morgan fingerprint density at radius 1 is 1.23 bits per heavy atom. The van der Waals surface area contributed by atoms with Crippen molar-refractivity contribution in [2.24, 2.45) is 0 Å². The number of anilines is 1. The summed E-state index contributed by atoms with van der Waals surface area (Å²) in [6, 6.07) is 5.60. The Labute approximate surface area is 130 Å². The molecule has 3 amide bonds. The highest BCUT2D eigenvalue weighted by atomic mass is 16.2. The van der Waals surface area contributed by atoms with Crippen LogP contribution in [0.15, 0.2) is 30.6 Å². The molecule has 0 spiro atoms. The van der Waals surface area contributed by atoms with Crippen molar-refractivity contribution in [2.75, 3.05) is 11.4 Å². The van der Waals surface area contributed by atoms with E-state index in [0.717, 1.165) is 10.8 Å². The van der Waals surface area contributed by atoms with E-state index in [9.17, 15) is 9.59 Å². The van der Waals surface area contributed by atoms with Gasteiger partial charge in [-0.1, -0.05) is 32.0 Å². The minimum atomic E-state index is -0.431. The van der Waals surface area contributed by atoms with Crippen LogP contribution in [-0.2, 0) is 4.79 Å². The van der Waals surface area contributed by atoms with Gasteiger partial charge in [0.1, 0.15) is 0 Å². The molecule has 0 saturated heterocycles. The second kappa shape index (κ2) is 6.56. The van der Waals surface area contributed by atoms with E-state index < -0.39 is 6.03 Å². The number of fused-ring (bicyclic) bond motifs is 1. The van der Waals surface area contributed by atoms with Gasteiger partial charge in [0, 0.05) is 30.4 Å². The average molecular weight is 299 g/mol. The summed E-state index contributed by atoms with van der Waals surface area (Å²) in [4.78, 5) is 29.2. The molecule has 0 bridgehead atoms. The number of amides is 3. The SMILES string of the molecule is CCN(C(=O)NC(C)=O)c1cncc2c(C(C)C)cccc12. The Morgan fingerprint density at radius 3 is 2.55 bits per heavy atom. The summed E-state index contributed by atoms with van der Waals surface area (Å²) in [6.45, 7) is 7.89. The van der Waals surface area contributed by atoms with Crippen LogP contribution >= 0.6 is 0 Å². The van der Waals surface area contributed by atoms with Gasteiger partial charge in [0.05, 0.1) is 11.9 Å². The second-order valence-electron chi connectivity index (χ2n) is 5.49. The Kier molecular flexibility index (Phi) is 4.75. The fourth-order valence-electron chi connectivity index (χ4n) is 2.56. The first-order chi connectivity index (χ1) is 10.5. The third kappa shape index (κ3) is 3.08. The average Bonchev–Trinajstić information content (AvgIpc) is 2.46. The van der Waals surface area contributed by atoms with Gasteiger partial charge in [0.15, 0.2) is 0 Å². The summed E-state index contributed by atoms with van der Waals surface area (Å²) in [5.41, 5.74) is 1.90. The highest BCUT2D eigenvalue weighted by molar-refractivity contribution is 6.07. The minimum Gasteiger partial charge on any atom is -0.292 e. The van der Waals surface area contributed by atoms with Gasteiger partial charge in [-0.05, 0) is 18.4 Å². The molecular formula is C17H21N3O2. The fraction of sp³-hybridized carbons (Fsp3) is 0.353. The minimum absolute atomic E-state index is 0.363. The standard InChI is InChI=1S/C17H21N3O2/c1-5-20(17(22)19-12(4)21)16-10-18-9-15-13(11(2)3)7-6-8-14(15)16/h6-11H,5H2,1-4H3,(H,19,21,22). The molecule has 0 radical (unpaired) electrons. The summed E-state index contributed by atoms with van der Waals surface area (Å²) < 4.78 is 0. The van der Waals surface area contributed by atoms with Crippen LogP contribution in [0.25, 0.3) is 10.8 Å². The van der Waals surface area contributed by atoms with Crippen molar-refractivity contribution in [3.63, 3.8) is 0 Å². The van der Waals surface area contributed by atoms with Gasteiger partial charge in [-0.15, -0.1) is 0 Å². The number of benzene rings is 1. The van der Waals surface area contributed by atoms with Crippen molar-refractivity contribution < 1.29 is 9.59 Å². The summed E-state index contributed by atoms with van der Waals surface area (Å²) in [5, 5.41) is 4.31. The first-order valence-electron chi connectivity index (χ1n) is 7.41. The van der Waals surface area contributed by atoms with Gasteiger partial charge in [0.25, 0.3) is 0 Å². The van der Waals surface area contributed by atoms with Gasteiger partial charge in [0.2, 0.25) is 5.91 Å². The van der Waals surface area contributed by atoms with Gasteiger partial charge >= 0.3 is 6.03 Å². The number of hydrogen-bond acceptors (Lipinski definition) is 3. The van der Waals surface area contributed by atoms with Crippen LogP contribution in [0.3, 0.4) is 0 Å². The molecule has 2 aromatic rings. The molecule has 1 aromatic heterocycles. The topological polar surface area (TPSA) is 62.3 Å². The molecule has 0 atom stereocenters. The number of nitrogens with one attached hydrogen (secondary N) is 1. The zero-order valence-corrected chi connectivity index (χ0v) is 13.4. The summed E-state index contributed by atoms with van der Waals surface area (Å²) >= 11 is 0. The Hall–Kier alpha value is -2.43. The largest absolute Gasteiger partial charge is 0.328 e. The number of rotatable bonds is 3. The molecule has 5 heteroatoms.